The normalized spacial score (nSPS) is 15.2. The predicted molar refractivity (Wildman–Crippen MR) is 73.7 cm³/mol. The van der Waals surface area contributed by atoms with Crippen LogP contribution in [0.25, 0.3) is 0 Å². The maximum atomic E-state index is 11.8. The van der Waals surface area contributed by atoms with Crippen molar-refractivity contribution in [2.24, 2.45) is 0 Å². The van der Waals surface area contributed by atoms with E-state index >= 15 is 0 Å². The Labute approximate surface area is 111 Å². The molecule has 0 saturated heterocycles. The average molecular weight is 259 g/mol. The lowest BCUT2D eigenvalue weighted by molar-refractivity contribution is -0.148. The van der Waals surface area contributed by atoms with Gasteiger partial charge in [-0.15, -0.1) is 0 Å². The fraction of sp³-hybridized carbons (Fsp3) is 0.929. The van der Waals surface area contributed by atoms with E-state index in [0.717, 1.165) is 25.8 Å². The Hall–Kier alpha value is -0.610. The molecule has 4 nitrogen and oxygen atoms in total. The number of nitrogens with one attached hydrogen (secondary N) is 1. The largest absolute Gasteiger partial charge is 0.468 e. The second-order valence-electron chi connectivity index (χ2n) is 5.81. The van der Waals surface area contributed by atoms with Crippen molar-refractivity contribution in [3.05, 3.63) is 0 Å². The van der Waals surface area contributed by atoms with E-state index in [0.29, 0.717) is 6.61 Å². The molecule has 1 atom stereocenters. The van der Waals surface area contributed by atoms with Crippen LogP contribution in [0.3, 0.4) is 0 Å². The van der Waals surface area contributed by atoms with Crippen LogP contribution in [0.1, 0.15) is 53.9 Å². The summed E-state index contributed by atoms with van der Waals surface area (Å²) in [5.41, 5.74) is -0.732. The number of hydrogen-bond donors (Lipinski definition) is 1. The van der Waals surface area contributed by atoms with Crippen molar-refractivity contribution in [1.82, 2.24) is 5.32 Å². The molecule has 1 N–H and O–H groups in total. The van der Waals surface area contributed by atoms with Gasteiger partial charge < -0.3 is 14.8 Å². The van der Waals surface area contributed by atoms with Gasteiger partial charge in [-0.2, -0.15) is 0 Å². The number of ether oxygens (including phenoxy) is 2. The summed E-state index contributed by atoms with van der Waals surface area (Å²) in [6.45, 7) is 11.5. The fourth-order valence-corrected chi connectivity index (χ4v) is 1.69. The molecule has 0 amide bonds. The van der Waals surface area contributed by atoms with E-state index in [4.69, 9.17) is 9.47 Å². The zero-order valence-electron chi connectivity index (χ0n) is 12.8. The minimum absolute atomic E-state index is 0.126. The summed E-state index contributed by atoms with van der Waals surface area (Å²) in [7, 11) is 1.43. The summed E-state index contributed by atoms with van der Waals surface area (Å²) < 4.78 is 10.5. The van der Waals surface area contributed by atoms with Crippen LogP contribution in [0.2, 0.25) is 0 Å². The van der Waals surface area contributed by atoms with Gasteiger partial charge in [-0.05, 0) is 53.5 Å². The third-order valence-corrected chi connectivity index (χ3v) is 2.76. The first-order valence-corrected chi connectivity index (χ1v) is 6.72. The molecule has 0 aliphatic rings. The predicted octanol–water partition coefficient (Wildman–Crippen LogP) is 2.51. The molecule has 0 heterocycles. The molecule has 108 valence electrons. The van der Waals surface area contributed by atoms with E-state index in [1.165, 1.54) is 7.11 Å². The van der Waals surface area contributed by atoms with Crippen LogP contribution in [-0.2, 0) is 14.3 Å². The highest BCUT2D eigenvalue weighted by atomic mass is 16.5. The molecule has 0 fully saturated rings. The van der Waals surface area contributed by atoms with Gasteiger partial charge in [-0.1, -0.05) is 6.92 Å². The minimum Gasteiger partial charge on any atom is -0.468 e. The molecule has 0 saturated carbocycles. The van der Waals surface area contributed by atoms with Gasteiger partial charge in [0.1, 0.15) is 5.54 Å². The molecule has 0 rings (SSSR count). The third kappa shape index (κ3) is 6.97. The monoisotopic (exact) mass is 259 g/mol. The number of esters is 1. The average Bonchev–Trinajstić information content (AvgIpc) is 2.30. The molecule has 0 bridgehead atoms. The van der Waals surface area contributed by atoms with E-state index < -0.39 is 5.54 Å². The maximum absolute atomic E-state index is 11.8. The first-order valence-electron chi connectivity index (χ1n) is 6.72. The SMILES string of the molecule is CCCNC(C)(CCCOC(C)(C)C)C(=O)OC. The van der Waals surface area contributed by atoms with Crippen molar-refractivity contribution in [2.75, 3.05) is 20.3 Å². The van der Waals surface area contributed by atoms with E-state index in [-0.39, 0.29) is 11.6 Å². The summed E-state index contributed by atoms with van der Waals surface area (Å²) in [6.07, 6.45) is 2.54. The number of rotatable bonds is 8. The van der Waals surface area contributed by atoms with Crippen LogP contribution in [-0.4, -0.2) is 37.4 Å². The van der Waals surface area contributed by atoms with Crippen molar-refractivity contribution in [3.63, 3.8) is 0 Å². The lowest BCUT2D eigenvalue weighted by Crippen LogP contribution is -2.50. The molecule has 0 aromatic heterocycles. The number of carbonyl (C=O) groups excluding carboxylic acids is 1. The van der Waals surface area contributed by atoms with E-state index in [1.807, 2.05) is 27.7 Å². The second kappa shape index (κ2) is 7.74. The van der Waals surface area contributed by atoms with Gasteiger partial charge in [-0.3, -0.25) is 4.79 Å². The smallest absolute Gasteiger partial charge is 0.325 e. The van der Waals surface area contributed by atoms with Crippen molar-refractivity contribution >= 4 is 5.97 Å². The molecule has 1 unspecified atom stereocenters. The molecular formula is C14H29NO3. The lowest BCUT2D eigenvalue weighted by atomic mass is 9.95. The summed E-state index contributed by atoms with van der Waals surface area (Å²) in [5.74, 6) is -0.202. The molecule has 4 heteroatoms. The second-order valence-corrected chi connectivity index (χ2v) is 5.81. The summed E-state index contributed by atoms with van der Waals surface area (Å²) in [4.78, 5) is 11.8. The van der Waals surface area contributed by atoms with Crippen LogP contribution in [0, 0.1) is 0 Å². The first kappa shape index (κ1) is 17.4. The Balaban J connectivity index is 4.21. The standard InChI is InChI=1S/C14H29NO3/c1-7-10-15-14(5,12(16)17-6)9-8-11-18-13(2,3)4/h15H,7-11H2,1-6H3. The van der Waals surface area contributed by atoms with Crippen LogP contribution in [0.5, 0.6) is 0 Å². The van der Waals surface area contributed by atoms with Gasteiger partial charge in [0, 0.05) is 6.61 Å². The molecule has 18 heavy (non-hydrogen) atoms. The third-order valence-electron chi connectivity index (χ3n) is 2.76. The number of methoxy groups -OCH3 is 1. The van der Waals surface area contributed by atoms with Gasteiger partial charge in [0.15, 0.2) is 0 Å². The summed E-state index contributed by atoms with van der Waals surface area (Å²) in [5, 5.41) is 3.26. The van der Waals surface area contributed by atoms with Gasteiger partial charge in [0.05, 0.1) is 12.7 Å². The highest BCUT2D eigenvalue weighted by molar-refractivity contribution is 5.80. The van der Waals surface area contributed by atoms with Crippen molar-refractivity contribution < 1.29 is 14.3 Å². The quantitative estimate of drug-likeness (QED) is 0.537. The molecule has 0 aromatic rings. The molecule has 0 aliphatic carbocycles. The van der Waals surface area contributed by atoms with Crippen molar-refractivity contribution in [3.8, 4) is 0 Å². The first-order chi connectivity index (χ1) is 8.25. The van der Waals surface area contributed by atoms with Gasteiger partial charge >= 0.3 is 5.97 Å². The van der Waals surface area contributed by atoms with Crippen LogP contribution in [0.4, 0.5) is 0 Å². The van der Waals surface area contributed by atoms with Gasteiger partial charge in [-0.25, -0.2) is 0 Å². The number of carbonyl (C=O) groups is 1. The highest BCUT2D eigenvalue weighted by Gasteiger charge is 2.33. The van der Waals surface area contributed by atoms with Crippen LogP contribution in [0.15, 0.2) is 0 Å². The Morgan fingerprint density at radius 3 is 2.28 bits per heavy atom. The Kier molecular flexibility index (Phi) is 7.48. The summed E-state index contributed by atoms with van der Waals surface area (Å²) >= 11 is 0. The van der Waals surface area contributed by atoms with Crippen LogP contribution >= 0.6 is 0 Å². The van der Waals surface area contributed by atoms with Gasteiger partial charge in [0.25, 0.3) is 0 Å². The molecule has 0 aromatic carbocycles. The molecule has 0 spiro atoms. The minimum atomic E-state index is -0.605. The highest BCUT2D eigenvalue weighted by Crippen LogP contribution is 2.16. The lowest BCUT2D eigenvalue weighted by Gasteiger charge is -2.28. The number of hydrogen-bond acceptors (Lipinski definition) is 4. The molecule has 0 radical (unpaired) electrons. The van der Waals surface area contributed by atoms with Crippen molar-refractivity contribution in [2.45, 2.75) is 65.0 Å². The zero-order valence-corrected chi connectivity index (χ0v) is 12.8. The fourth-order valence-electron chi connectivity index (χ4n) is 1.69. The maximum Gasteiger partial charge on any atom is 0.325 e. The van der Waals surface area contributed by atoms with Crippen molar-refractivity contribution in [1.29, 1.82) is 0 Å². The van der Waals surface area contributed by atoms with E-state index in [1.54, 1.807) is 0 Å². The molecular weight excluding hydrogens is 230 g/mol. The summed E-state index contributed by atoms with van der Waals surface area (Å²) in [6, 6.07) is 0. The van der Waals surface area contributed by atoms with Gasteiger partial charge in [0.2, 0.25) is 0 Å². The Morgan fingerprint density at radius 2 is 1.83 bits per heavy atom. The van der Waals surface area contributed by atoms with E-state index in [2.05, 4.69) is 12.2 Å². The Bertz CT molecular complexity index is 248. The Morgan fingerprint density at radius 1 is 1.22 bits per heavy atom. The topological polar surface area (TPSA) is 47.6 Å². The van der Waals surface area contributed by atoms with Crippen LogP contribution < -0.4 is 5.32 Å². The zero-order chi connectivity index (χ0) is 14.2. The molecule has 0 aliphatic heterocycles. The van der Waals surface area contributed by atoms with E-state index in [9.17, 15) is 4.79 Å².